The topological polar surface area (TPSA) is 108 Å². The van der Waals surface area contributed by atoms with Gasteiger partial charge in [0.25, 0.3) is 16.8 Å². The zero-order valence-corrected chi connectivity index (χ0v) is 11.9. The molecule has 19 heavy (non-hydrogen) atoms. The first-order valence-corrected chi connectivity index (χ1v) is 7.50. The van der Waals surface area contributed by atoms with Crippen molar-refractivity contribution in [1.29, 1.82) is 0 Å². The van der Waals surface area contributed by atoms with Crippen LogP contribution in [-0.4, -0.2) is 58.8 Å². The minimum absolute atomic E-state index is 0.0449. The number of ether oxygens (including phenoxy) is 3. The van der Waals surface area contributed by atoms with Crippen LogP contribution in [-0.2, 0) is 19.0 Å². The molecule has 8 nitrogen and oxygen atoms in total. The predicted octanol–water partition coefficient (Wildman–Crippen LogP) is 1.21. The molecule has 0 aromatic heterocycles. The van der Waals surface area contributed by atoms with Crippen LogP contribution in [0.25, 0.3) is 0 Å². The Morgan fingerprint density at radius 3 is 1.74 bits per heavy atom. The summed E-state index contributed by atoms with van der Waals surface area (Å²) in [5, 5.41) is 0. The maximum Gasteiger partial charge on any atom is 0.431 e. The van der Waals surface area contributed by atoms with Crippen molar-refractivity contribution < 1.29 is 33.4 Å². The van der Waals surface area contributed by atoms with E-state index in [1.807, 2.05) is 0 Å². The van der Waals surface area contributed by atoms with E-state index < -0.39 is 24.9 Å². The molecule has 0 aromatic carbocycles. The lowest BCUT2D eigenvalue weighted by atomic mass is 10.5. The molecule has 0 aliphatic carbocycles. The number of carbonyl (C=O) groups excluding carboxylic acids is 4. The quantitative estimate of drug-likeness (QED) is 0.228. The van der Waals surface area contributed by atoms with Crippen molar-refractivity contribution in [3.8, 4) is 0 Å². The summed E-state index contributed by atoms with van der Waals surface area (Å²) < 4.78 is 13.6. The summed E-state index contributed by atoms with van der Waals surface area (Å²) in [5.41, 5.74) is -2.83. The predicted molar refractivity (Wildman–Crippen MR) is 65.4 cm³/mol. The van der Waals surface area contributed by atoms with E-state index in [9.17, 15) is 19.2 Å². The van der Waals surface area contributed by atoms with Crippen LogP contribution in [0.3, 0.4) is 0 Å². The van der Waals surface area contributed by atoms with E-state index >= 15 is 0 Å². The Morgan fingerprint density at radius 1 is 1.00 bits per heavy atom. The Hall–Kier alpha value is -1.99. The van der Waals surface area contributed by atoms with Gasteiger partial charge < -0.3 is 14.2 Å². The Morgan fingerprint density at radius 2 is 1.42 bits per heavy atom. The highest BCUT2D eigenvalue weighted by Gasteiger charge is 2.61. The largest absolute Gasteiger partial charge is 0.472 e. The van der Waals surface area contributed by atoms with Crippen molar-refractivity contribution in [2.75, 3.05) is 27.9 Å². The maximum absolute atomic E-state index is 11.8. The fourth-order valence-corrected chi connectivity index (χ4v) is 4.39. The highest BCUT2D eigenvalue weighted by atomic mass is 28.3. The van der Waals surface area contributed by atoms with Gasteiger partial charge in [0.05, 0.1) is 27.9 Å². The van der Waals surface area contributed by atoms with E-state index in [4.69, 9.17) is 0 Å². The Labute approximate surface area is 110 Å². The summed E-state index contributed by atoms with van der Waals surface area (Å²) >= 11 is 0. The van der Waals surface area contributed by atoms with Gasteiger partial charge in [0.15, 0.2) is 0 Å². The lowest BCUT2D eigenvalue weighted by Crippen LogP contribution is -2.59. The van der Waals surface area contributed by atoms with Gasteiger partial charge in [-0.25, -0.2) is 9.79 Å². The normalized spacial score (nSPS) is 10.1. The van der Waals surface area contributed by atoms with Crippen LogP contribution in [0.1, 0.15) is 6.42 Å². The van der Waals surface area contributed by atoms with Gasteiger partial charge in [-0.3, -0.25) is 14.4 Å². The van der Waals surface area contributed by atoms with Crippen molar-refractivity contribution in [2.24, 2.45) is 4.99 Å². The molecule has 0 saturated carbocycles. The number of methoxy groups -OCH3 is 3. The molecular weight excluding hydrogens is 274 g/mol. The molecule has 0 heterocycles. The van der Waals surface area contributed by atoms with Gasteiger partial charge in [0.1, 0.15) is 0 Å². The van der Waals surface area contributed by atoms with Crippen LogP contribution in [0.4, 0.5) is 14.4 Å². The third kappa shape index (κ3) is 3.73. The van der Waals surface area contributed by atoms with Crippen LogP contribution in [0, 0.1) is 0 Å². The van der Waals surface area contributed by atoms with Gasteiger partial charge in [0.2, 0.25) is 6.08 Å². The van der Waals surface area contributed by atoms with Crippen LogP contribution >= 0.6 is 0 Å². The van der Waals surface area contributed by atoms with E-state index in [-0.39, 0.29) is 19.0 Å². The van der Waals surface area contributed by atoms with E-state index in [1.165, 1.54) is 6.08 Å². The average Bonchev–Trinajstić information content (AvgIpc) is 2.45. The third-order valence-corrected chi connectivity index (χ3v) is 6.29. The molecule has 0 fully saturated rings. The number of hydrogen-bond donors (Lipinski definition) is 0. The van der Waals surface area contributed by atoms with Crippen molar-refractivity contribution in [3.05, 3.63) is 0 Å². The molecule has 9 heteroatoms. The zero-order valence-electron chi connectivity index (χ0n) is 10.9. The number of isocyanates is 1. The van der Waals surface area contributed by atoms with E-state index in [0.717, 1.165) is 21.3 Å². The van der Waals surface area contributed by atoms with Crippen molar-refractivity contribution in [1.82, 2.24) is 0 Å². The molecule has 0 aliphatic rings. The smallest absolute Gasteiger partial charge is 0.431 e. The van der Waals surface area contributed by atoms with Crippen LogP contribution in [0.2, 0.25) is 6.04 Å². The highest BCUT2D eigenvalue weighted by molar-refractivity contribution is 7.38. The summed E-state index contributed by atoms with van der Waals surface area (Å²) in [7, 11) is -0.722. The molecule has 0 amide bonds. The molecule has 0 unspecified atom stereocenters. The fourth-order valence-electron chi connectivity index (χ4n) is 1.55. The average molecular weight is 289 g/mol. The van der Waals surface area contributed by atoms with Crippen molar-refractivity contribution >= 4 is 30.9 Å². The van der Waals surface area contributed by atoms with Crippen molar-refractivity contribution in [2.45, 2.75) is 12.5 Å². The summed E-state index contributed by atoms with van der Waals surface area (Å²) in [6, 6.07) is -0.107. The number of rotatable bonds is 7. The van der Waals surface area contributed by atoms with Gasteiger partial charge >= 0.3 is 8.07 Å². The zero-order chi connectivity index (χ0) is 14.9. The summed E-state index contributed by atoms with van der Waals surface area (Å²) in [4.78, 5) is 48.7. The molecule has 0 aromatic rings. The minimum atomic E-state index is -3.93. The summed E-state index contributed by atoms with van der Waals surface area (Å²) in [5.74, 6) is 0. The second kappa shape index (κ2) is 8.17. The van der Waals surface area contributed by atoms with Gasteiger partial charge in [-0.2, -0.15) is 0 Å². The maximum atomic E-state index is 11.8. The number of nitrogens with zero attached hydrogens (tertiary/aromatic N) is 1. The molecular formula is C10H15NO7Si. The number of carbonyl (C=O) groups is 3. The molecule has 0 saturated heterocycles. The van der Waals surface area contributed by atoms with E-state index in [2.05, 4.69) is 19.2 Å². The number of hydrogen-bond acceptors (Lipinski definition) is 8. The van der Waals surface area contributed by atoms with E-state index in [1.54, 1.807) is 0 Å². The Bertz CT molecular complexity index is 362. The first-order valence-electron chi connectivity index (χ1n) is 5.30. The summed E-state index contributed by atoms with van der Waals surface area (Å²) in [6.07, 6.45) is 1.49. The second-order valence-electron chi connectivity index (χ2n) is 3.46. The second-order valence-corrected chi connectivity index (χ2v) is 6.99. The summed E-state index contributed by atoms with van der Waals surface area (Å²) in [6.45, 7) is 0.0449. The molecule has 0 N–H and O–H groups in total. The van der Waals surface area contributed by atoms with Gasteiger partial charge in [-0.1, -0.05) is 0 Å². The first kappa shape index (κ1) is 17.0. The molecule has 0 atom stereocenters. The molecule has 0 rings (SSSR count). The monoisotopic (exact) mass is 289 g/mol. The van der Waals surface area contributed by atoms with Gasteiger partial charge in [0, 0.05) is 0 Å². The van der Waals surface area contributed by atoms with Crippen molar-refractivity contribution in [3.63, 3.8) is 0 Å². The minimum Gasteiger partial charge on any atom is -0.472 e. The number of aliphatic imine (C=N–C) groups is 1. The lowest BCUT2D eigenvalue weighted by Gasteiger charge is -2.21. The Kier molecular flexibility index (Phi) is 7.31. The molecule has 106 valence electrons. The molecule has 0 bridgehead atoms. The standard InChI is InChI=1S/C10H15NO7Si/c1-16-8(13)19(9(14)17-2,10(15)18-3)6-4-5-11-7-12/h4-6H2,1-3H3. The van der Waals surface area contributed by atoms with E-state index in [0.29, 0.717) is 0 Å². The fraction of sp³-hybridized carbons (Fsp3) is 0.600. The lowest BCUT2D eigenvalue weighted by molar-refractivity contribution is 0.177. The highest BCUT2D eigenvalue weighted by Crippen LogP contribution is 2.21. The van der Waals surface area contributed by atoms with Crippen LogP contribution in [0.15, 0.2) is 4.99 Å². The third-order valence-electron chi connectivity index (χ3n) is 2.49. The Balaban J connectivity index is 5.36. The first-order chi connectivity index (χ1) is 9.00. The van der Waals surface area contributed by atoms with Gasteiger partial charge in [-0.15, -0.1) is 0 Å². The van der Waals surface area contributed by atoms with Crippen LogP contribution in [0.5, 0.6) is 0 Å². The van der Waals surface area contributed by atoms with Crippen LogP contribution < -0.4 is 0 Å². The van der Waals surface area contributed by atoms with Gasteiger partial charge in [-0.05, 0) is 12.5 Å². The molecule has 0 aliphatic heterocycles. The molecule has 0 radical (unpaired) electrons. The SMILES string of the molecule is COC(=O)[Si](CCCN=C=O)(C(=O)OC)C(=O)OC. The molecule has 0 spiro atoms.